The molecule has 0 atom stereocenters. The van der Waals surface area contributed by atoms with Crippen molar-refractivity contribution >= 4 is 5.97 Å². The predicted octanol–water partition coefficient (Wildman–Crippen LogP) is 1.26. The second kappa shape index (κ2) is 4.72. The van der Waals surface area contributed by atoms with Gasteiger partial charge in [-0.2, -0.15) is 0 Å². The van der Waals surface area contributed by atoms with E-state index in [1.807, 2.05) is 12.1 Å². The van der Waals surface area contributed by atoms with Crippen LogP contribution in [0.15, 0.2) is 18.2 Å². The van der Waals surface area contributed by atoms with Gasteiger partial charge in [0.05, 0.1) is 11.4 Å². The Balaban J connectivity index is 2.12. The Labute approximate surface area is 116 Å². The summed E-state index contributed by atoms with van der Waals surface area (Å²) in [6.07, 6.45) is 0.934. The Kier molecular flexibility index (Phi) is 3.02. The number of carboxylic acids is 1. The van der Waals surface area contributed by atoms with Crippen molar-refractivity contribution in [3.63, 3.8) is 0 Å². The monoisotopic (exact) mass is 272 g/mol. The van der Waals surface area contributed by atoms with Gasteiger partial charge in [0.15, 0.2) is 5.69 Å². The summed E-state index contributed by atoms with van der Waals surface area (Å²) in [5, 5.41) is 16.8. The van der Waals surface area contributed by atoms with E-state index in [4.69, 9.17) is 5.11 Å². The lowest BCUT2D eigenvalue weighted by Gasteiger charge is -2.26. The van der Waals surface area contributed by atoms with E-state index >= 15 is 0 Å². The van der Waals surface area contributed by atoms with Crippen LogP contribution in [0, 0.1) is 6.92 Å². The molecule has 1 aromatic carbocycles. The molecule has 1 aromatic heterocycles. The average Bonchev–Trinajstić information content (AvgIpc) is 2.79. The molecule has 0 fully saturated rings. The van der Waals surface area contributed by atoms with Crippen molar-refractivity contribution in [3.8, 4) is 5.69 Å². The molecule has 0 radical (unpaired) electrons. The van der Waals surface area contributed by atoms with E-state index in [9.17, 15) is 4.79 Å². The minimum absolute atomic E-state index is 0.00975. The number of carboxylic acid groups (broad SMARTS) is 1. The molecule has 1 N–H and O–H groups in total. The van der Waals surface area contributed by atoms with E-state index in [0.29, 0.717) is 5.69 Å². The summed E-state index contributed by atoms with van der Waals surface area (Å²) >= 11 is 0. The summed E-state index contributed by atoms with van der Waals surface area (Å²) < 4.78 is 1.63. The molecule has 0 aliphatic carbocycles. The van der Waals surface area contributed by atoms with Gasteiger partial charge in [-0.15, -0.1) is 5.10 Å². The van der Waals surface area contributed by atoms with Crippen LogP contribution < -0.4 is 0 Å². The third-order valence-electron chi connectivity index (χ3n) is 3.76. The molecule has 0 bridgehead atoms. The van der Waals surface area contributed by atoms with Crippen LogP contribution in [0.5, 0.6) is 0 Å². The maximum absolute atomic E-state index is 11.1. The molecule has 104 valence electrons. The van der Waals surface area contributed by atoms with Gasteiger partial charge < -0.3 is 10.0 Å². The predicted molar refractivity (Wildman–Crippen MR) is 73.1 cm³/mol. The summed E-state index contributed by atoms with van der Waals surface area (Å²) in [5.41, 5.74) is 4.01. The first kappa shape index (κ1) is 12.8. The maximum Gasteiger partial charge on any atom is 0.358 e. The first-order valence-corrected chi connectivity index (χ1v) is 6.53. The number of rotatable bonds is 2. The van der Waals surface area contributed by atoms with Crippen LogP contribution in [0.25, 0.3) is 5.69 Å². The minimum Gasteiger partial charge on any atom is -0.476 e. The molecule has 0 unspecified atom stereocenters. The smallest absolute Gasteiger partial charge is 0.358 e. The molecule has 0 spiro atoms. The van der Waals surface area contributed by atoms with E-state index in [0.717, 1.165) is 25.2 Å². The van der Waals surface area contributed by atoms with Crippen molar-refractivity contribution < 1.29 is 9.90 Å². The highest BCUT2D eigenvalue weighted by Crippen LogP contribution is 2.25. The van der Waals surface area contributed by atoms with Crippen molar-refractivity contribution in [2.45, 2.75) is 19.9 Å². The summed E-state index contributed by atoms with van der Waals surface area (Å²) in [5.74, 6) is -1.04. The molecule has 3 rings (SSSR count). The highest BCUT2D eigenvalue weighted by Gasteiger charge is 2.21. The van der Waals surface area contributed by atoms with Crippen molar-refractivity contribution in [1.29, 1.82) is 0 Å². The molecule has 0 saturated heterocycles. The molecule has 6 heteroatoms. The van der Waals surface area contributed by atoms with Crippen LogP contribution in [-0.4, -0.2) is 44.6 Å². The number of hydrogen-bond acceptors (Lipinski definition) is 4. The van der Waals surface area contributed by atoms with Crippen LogP contribution >= 0.6 is 0 Å². The zero-order valence-corrected chi connectivity index (χ0v) is 11.5. The van der Waals surface area contributed by atoms with E-state index < -0.39 is 5.97 Å². The lowest BCUT2D eigenvalue weighted by atomic mass is 9.98. The van der Waals surface area contributed by atoms with E-state index in [2.05, 4.69) is 28.3 Å². The van der Waals surface area contributed by atoms with Crippen molar-refractivity contribution in [2.75, 3.05) is 13.6 Å². The Morgan fingerprint density at radius 2 is 2.20 bits per heavy atom. The van der Waals surface area contributed by atoms with Gasteiger partial charge in [-0.1, -0.05) is 17.3 Å². The van der Waals surface area contributed by atoms with Gasteiger partial charge in [-0.3, -0.25) is 0 Å². The maximum atomic E-state index is 11.1. The molecule has 0 saturated carbocycles. The van der Waals surface area contributed by atoms with Crippen molar-refractivity contribution in [3.05, 3.63) is 40.7 Å². The molecule has 2 aromatic rings. The first-order valence-electron chi connectivity index (χ1n) is 6.53. The molecule has 2 heterocycles. The van der Waals surface area contributed by atoms with Crippen LogP contribution in [0.3, 0.4) is 0 Å². The van der Waals surface area contributed by atoms with Gasteiger partial charge in [0.1, 0.15) is 0 Å². The minimum atomic E-state index is -1.04. The third-order valence-corrected chi connectivity index (χ3v) is 3.76. The number of nitrogens with zero attached hydrogens (tertiary/aromatic N) is 4. The number of fused-ring (bicyclic) bond motifs is 1. The lowest BCUT2D eigenvalue weighted by Crippen LogP contribution is -2.27. The number of benzene rings is 1. The molecule has 1 aliphatic rings. The fourth-order valence-corrected chi connectivity index (χ4v) is 2.68. The highest BCUT2D eigenvalue weighted by atomic mass is 16.4. The van der Waals surface area contributed by atoms with E-state index in [1.54, 1.807) is 11.6 Å². The molecular formula is C14H16N4O2. The van der Waals surface area contributed by atoms with E-state index in [1.165, 1.54) is 11.1 Å². The largest absolute Gasteiger partial charge is 0.476 e. The summed E-state index contributed by atoms with van der Waals surface area (Å²) in [4.78, 5) is 13.3. The molecule has 0 amide bonds. The summed E-state index contributed by atoms with van der Waals surface area (Å²) in [6.45, 7) is 3.63. The summed E-state index contributed by atoms with van der Waals surface area (Å²) in [6, 6.07) is 6.06. The second-order valence-electron chi connectivity index (χ2n) is 5.14. The molecular weight excluding hydrogens is 256 g/mol. The average molecular weight is 272 g/mol. The first-order chi connectivity index (χ1) is 9.58. The van der Waals surface area contributed by atoms with Gasteiger partial charge in [-0.25, -0.2) is 9.48 Å². The molecule has 20 heavy (non-hydrogen) atoms. The Morgan fingerprint density at radius 3 is 2.90 bits per heavy atom. The van der Waals surface area contributed by atoms with Crippen molar-refractivity contribution in [1.82, 2.24) is 19.9 Å². The van der Waals surface area contributed by atoms with Crippen molar-refractivity contribution in [2.24, 2.45) is 0 Å². The normalized spacial score (nSPS) is 15.1. The number of aromatic nitrogens is 3. The lowest BCUT2D eigenvalue weighted by molar-refractivity contribution is 0.0689. The molecule has 1 aliphatic heterocycles. The van der Waals surface area contributed by atoms with Gasteiger partial charge in [0.25, 0.3) is 0 Å². The van der Waals surface area contributed by atoms with Gasteiger partial charge in [0, 0.05) is 13.1 Å². The number of hydrogen-bond donors (Lipinski definition) is 1. The SMILES string of the molecule is Cc1c(C(=O)O)nnn1-c1cccc2c1CCN(C)C2. The Hall–Kier alpha value is -2.21. The zero-order valence-electron chi connectivity index (χ0n) is 11.5. The number of carbonyl (C=O) groups is 1. The molecule has 6 nitrogen and oxygen atoms in total. The van der Waals surface area contributed by atoms with Gasteiger partial charge in [-0.05, 0) is 37.6 Å². The summed E-state index contributed by atoms with van der Waals surface area (Å²) in [7, 11) is 2.10. The van der Waals surface area contributed by atoms with Crippen LogP contribution in [0.4, 0.5) is 0 Å². The van der Waals surface area contributed by atoms with Crippen LogP contribution in [0.2, 0.25) is 0 Å². The Bertz CT molecular complexity index is 678. The third kappa shape index (κ3) is 1.98. The number of likely N-dealkylation sites (N-methyl/N-ethyl adjacent to an activating group) is 1. The standard InChI is InChI=1S/C14H16N4O2/c1-9-13(14(19)20)15-16-18(9)12-5-3-4-10-8-17(2)7-6-11(10)12/h3-5H,6-8H2,1-2H3,(H,19,20). The second-order valence-corrected chi connectivity index (χ2v) is 5.14. The highest BCUT2D eigenvalue weighted by molar-refractivity contribution is 5.86. The zero-order chi connectivity index (χ0) is 14.3. The van der Waals surface area contributed by atoms with Crippen LogP contribution in [0.1, 0.15) is 27.3 Å². The fraction of sp³-hybridized carbons (Fsp3) is 0.357. The fourth-order valence-electron chi connectivity index (χ4n) is 2.68. The van der Waals surface area contributed by atoms with Gasteiger partial charge >= 0.3 is 5.97 Å². The van der Waals surface area contributed by atoms with Crippen LogP contribution in [-0.2, 0) is 13.0 Å². The van der Waals surface area contributed by atoms with E-state index in [-0.39, 0.29) is 5.69 Å². The number of aromatic carboxylic acids is 1. The quantitative estimate of drug-likeness (QED) is 0.891. The topological polar surface area (TPSA) is 71.2 Å². The van der Waals surface area contributed by atoms with Gasteiger partial charge in [0.2, 0.25) is 0 Å². The Morgan fingerprint density at radius 1 is 1.40 bits per heavy atom.